The summed E-state index contributed by atoms with van der Waals surface area (Å²) < 4.78 is 0. The Kier molecular flexibility index (Phi) is 3.57. The van der Waals surface area contributed by atoms with Gasteiger partial charge in [-0.1, -0.05) is 0 Å². The lowest BCUT2D eigenvalue weighted by atomic mass is 10.1. The predicted octanol–water partition coefficient (Wildman–Crippen LogP) is 1.42. The molecule has 5 heteroatoms. The second-order valence-corrected chi connectivity index (χ2v) is 4.68. The summed E-state index contributed by atoms with van der Waals surface area (Å²) in [6, 6.07) is 8.00. The first-order valence-corrected chi connectivity index (χ1v) is 6.65. The van der Waals surface area contributed by atoms with Crippen LogP contribution in [-0.4, -0.2) is 36.1 Å². The molecule has 0 saturated carbocycles. The molecule has 20 heavy (non-hydrogen) atoms. The van der Waals surface area contributed by atoms with E-state index < -0.39 is 0 Å². The lowest BCUT2D eigenvalue weighted by molar-refractivity contribution is 0.584. The molecule has 100 valence electrons. The molecule has 0 atom stereocenters. The third-order valence-corrected chi connectivity index (χ3v) is 3.42. The number of nitrogens with one attached hydrogen (secondary N) is 1. The van der Waals surface area contributed by atoms with E-state index in [1.807, 2.05) is 24.4 Å². The van der Waals surface area contributed by atoms with Crippen molar-refractivity contribution in [2.75, 3.05) is 31.1 Å². The van der Waals surface area contributed by atoms with E-state index >= 15 is 0 Å². The zero-order valence-electron chi connectivity index (χ0n) is 11.1. The Morgan fingerprint density at radius 1 is 1.15 bits per heavy atom. The predicted molar refractivity (Wildman–Crippen MR) is 77.3 cm³/mol. The first kappa shape index (κ1) is 12.6. The van der Waals surface area contributed by atoms with E-state index in [-0.39, 0.29) is 0 Å². The summed E-state index contributed by atoms with van der Waals surface area (Å²) in [4.78, 5) is 10.7. The van der Waals surface area contributed by atoms with Gasteiger partial charge in [0.15, 0.2) is 0 Å². The molecule has 1 aliphatic heterocycles. The van der Waals surface area contributed by atoms with Gasteiger partial charge in [0, 0.05) is 50.3 Å². The Morgan fingerprint density at radius 3 is 2.60 bits per heavy atom. The van der Waals surface area contributed by atoms with Gasteiger partial charge in [-0.3, -0.25) is 4.98 Å². The number of piperazine rings is 1. The molecule has 5 nitrogen and oxygen atoms in total. The number of anilines is 1. The van der Waals surface area contributed by atoms with Crippen LogP contribution < -0.4 is 10.2 Å². The van der Waals surface area contributed by atoms with Crippen LogP contribution in [0.15, 0.2) is 36.8 Å². The molecule has 1 N–H and O–H groups in total. The van der Waals surface area contributed by atoms with Crippen molar-refractivity contribution in [3.8, 4) is 17.2 Å². The topological polar surface area (TPSA) is 64.8 Å². The Balaban J connectivity index is 1.96. The lowest BCUT2D eigenvalue weighted by Gasteiger charge is -2.29. The van der Waals surface area contributed by atoms with Crippen molar-refractivity contribution < 1.29 is 0 Å². The molecule has 0 aliphatic carbocycles. The van der Waals surface area contributed by atoms with E-state index in [2.05, 4.69) is 26.3 Å². The smallest absolute Gasteiger partial charge is 0.146 e. The highest BCUT2D eigenvalue weighted by Gasteiger charge is 2.16. The summed E-state index contributed by atoms with van der Waals surface area (Å²) in [5, 5.41) is 12.7. The summed E-state index contributed by atoms with van der Waals surface area (Å²) in [5.74, 6) is 0.784. The minimum absolute atomic E-state index is 0.626. The van der Waals surface area contributed by atoms with E-state index in [0.29, 0.717) is 5.56 Å². The molecule has 0 unspecified atom stereocenters. The molecular formula is C15H15N5. The van der Waals surface area contributed by atoms with Gasteiger partial charge in [-0.05, 0) is 23.8 Å². The van der Waals surface area contributed by atoms with Crippen molar-refractivity contribution in [2.45, 2.75) is 0 Å². The maximum atomic E-state index is 9.38. The van der Waals surface area contributed by atoms with Crippen molar-refractivity contribution >= 4 is 5.82 Å². The molecule has 1 saturated heterocycles. The fourth-order valence-corrected chi connectivity index (χ4v) is 2.37. The van der Waals surface area contributed by atoms with Gasteiger partial charge in [0.25, 0.3) is 0 Å². The van der Waals surface area contributed by atoms with Gasteiger partial charge in [-0.2, -0.15) is 5.26 Å². The van der Waals surface area contributed by atoms with Gasteiger partial charge < -0.3 is 10.2 Å². The van der Waals surface area contributed by atoms with E-state index in [0.717, 1.165) is 43.1 Å². The molecule has 2 aromatic rings. The number of hydrogen-bond acceptors (Lipinski definition) is 5. The molecule has 1 aliphatic rings. The minimum Gasteiger partial charge on any atom is -0.353 e. The van der Waals surface area contributed by atoms with Gasteiger partial charge in [-0.15, -0.1) is 0 Å². The lowest BCUT2D eigenvalue weighted by Crippen LogP contribution is -2.44. The Morgan fingerprint density at radius 2 is 1.90 bits per heavy atom. The molecular weight excluding hydrogens is 250 g/mol. The van der Waals surface area contributed by atoms with Gasteiger partial charge in [0.1, 0.15) is 11.9 Å². The Bertz CT molecular complexity index is 626. The van der Waals surface area contributed by atoms with E-state index in [9.17, 15) is 5.26 Å². The van der Waals surface area contributed by atoms with Crippen LogP contribution in [0.2, 0.25) is 0 Å². The normalized spacial score (nSPS) is 14.8. The van der Waals surface area contributed by atoms with Crippen molar-refractivity contribution in [1.82, 2.24) is 15.3 Å². The number of nitriles is 1. The molecule has 2 aromatic heterocycles. The first-order valence-electron chi connectivity index (χ1n) is 6.65. The van der Waals surface area contributed by atoms with Crippen molar-refractivity contribution in [2.24, 2.45) is 0 Å². The van der Waals surface area contributed by atoms with Gasteiger partial charge in [-0.25, -0.2) is 4.98 Å². The summed E-state index contributed by atoms with van der Waals surface area (Å²) in [6.45, 7) is 3.63. The molecule has 0 aromatic carbocycles. The van der Waals surface area contributed by atoms with Gasteiger partial charge in [0.05, 0.1) is 5.56 Å². The highest BCUT2D eigenvalue weighted by molar-refractivity contribution is 5.68. The van der Waals surface area contributed by atoms with E-state index in [1.165, 1.54) is 0 Å². The molecule has 0 spiro atoms. The van der Waals surface area contributed by atoms with Crippen LogP contribution in [0.25, 0.3) is 11.1 Å². The zero-order valence-corrected chi connectivity index (χ0v) is 11.1. The quantitative estimate of drug-likeness (QED) is 0.889. The van der Waals surface area contributed by atoms with Crippen molar-refractivity contribution in [3.05, 3.63) is 42.4 Å². The average molecular weight is 265 g/mol. The van der Waals surface area contributed by atoms with Crippen LogP contribution in [0.3, 0.4) is 0 Å². The van der Waals surface area contributed by atoms with Gasteiger partial charge in [0.2, 0.25) is 0 Å². The number of nitrogens with zero attached hydrogens (tertiary/aromatic N) is 4. The third kappa shape index (κ3) is 2.46. The standard InChI is InChI=1S/C15H15N5/c16-10-13-9-14(12-1-3-17-4-2-12)11-19-15(13)20-7-5-18-6-8-20/h1-4,9,11,18H,5-8H2. The average Bonchev–Trinajstić information content (AvgIpc) is 2.56. The second-order valence-electron chi connectivity index (χ2n) is 4.68. The van der Waals surface area contributed by atoms with Crippen molar-refractivity contribution in [1.29, 1.82) is 5.26 Å². The molecule has 3 rings (SSSR count). The number of hydrogen-bond donors (Lipinski definition) is 1. The van der Waals surface area contributed by atoms with Crippen LogP contribution in [0.4, 0.5) is 5.82 Å². The molecule has 0 radical (unpaired) electrons. The maximum absolute atomic E-state index is 9.38. The Hall–Kier alpha value is -2.45. The maximum Gasteiger partial charge on any atom is 0.146 e. The van der Waals surface area contributed by atoms with Crippen LogP contribution in [-0.2, 0) is 0 Å². The van der Waals surface area contributed by atoms with Crippen molar-refractivity contribution in [3.63, 3.8) is 0 Å². The fourth-order valence-electron chi connectivity index (χ4n) is 2.37. The minimum atomic E-state index is 0.626. The highest BCUT2D eigenvalue weighted by Crippen LogP contribution is 2.24. The summed E-state index contributed by atoms with van der Waals surface area (Å²) >= 11 is 0. The number of rotatable bonds is 2. The zero-order chi connectivity index (χ0) is 13.8. The second kappa shape index (κ2) is 5.68. The highest BCUT2D eigenvalue weighted by atomic mass is 15.2. The number of pyridine rings is 2. The van der Waals surface area contributed by atoms with E-state index in [4.69, 9.17) is 0 Å². The largest absolute Gasteiger partial charge is 0.353 e. The monoisotopic (exact) mass is 265 g/mol. The van der Waals surface area contributed by atoms with Crippen LogP contribution in [0.5, 0.6) is 0 Å². The summed E-state index contributed by atoms with van der Waals surface area (Å²) in [6.07, 6.45) is 5.31. The molecule has 1 fully saturated rings. The van der Waals surface area contributed by atoms with Crippen LogP contribution in [0, 0.1) is 11.3 Å². The fraction of sp³-hybridized carbons (Fsp3) is 0.267. The van der Waals surface area contributed by atoms with Gasteiger partial charge >= 0.3 is 0 Å². The SMILES string of the molecule is N#Cc1cc(-c2ccncc2)cnc1N1CCNCC1. The Labute approximate surface area is 117 Å². The first-order chi connectivity index (χ1) is 9.88. The number of aromatic nitrogens is 2. The third-order valence-electron chi connectivity index (χ3n) is 3.42. The van der Waals surface area contributed by atoms with E-state index in [1.54, 1.807) is 12.4 Å². The molecule has 0 bridgehead atoms. The summed E-state index contributed by atoms with van der Waals surface area (Å²) in [7, 11) is 0. The molecule has 3 heterocycles. The van der Waals surface area contributed by atoms with Crippen LogP contribution in [0.1, 0.15) is 5.56 Å². The van der Waals surface area contributed by atoms with Crippen LogP contribution >= 0.6 is 0 Å². The molecule has 0 amide bonds. The summed E-state index contributed by atoms with van der Waals surface area (Å²) in [5.41, 5.74) is 2.60.